The summed E-state index contributed by atoms with van der Waals surface area (Å²) in [6.07, 6.45) is -1.88. The van der Waals surface area contributed by atoms with E-state index in [9.17, 15) is 33.2 Å². The van der Waals surface area contributed by atoms with Gasteiger partial charge in [-0.25, -0.2) is 9.55 Å². The van der Waals surface area contributed by atoms with Gasteiger partial charge in [0.2, 0.25) is 5.95 Å². The Labute approximate surface area is 204 Å². The van der Waals surface area contributed by atoms with E-state index < -0.39 is 80.3 Å². The minimum absolute atomic E-state index is 0.223. The van der Waals surface area contributed by atoms with Gasteiger partial charge in [-0.2, -0.15) is 4.39 Å². The maximum Gasteiger partial charge on any atom is 0.475 e. The maximum atomic E-state index is 14.1. The van der Waals surface area contributed by atoms with Gasteiger partial charge in [0, 0.05) is 6.92 Å². The first-order valence-corrected chi connectivity index (χ1v) is 11.8. The average molecular weight is 533 g/mol. The Balaban J connectivity index is 2.48. The predicted molar refractivity (Wildman–Crippen MR) is 118 cm³/mol. The number of amides is 1. The van der Waals surface area contributed by atoms with Gasteiger partial charge in [0.15, 0.2) is 5.69 Å². The molecule has 0 aliphatic carbocycles. The Bertz CT molecular complexity index is 1110. The number of aromatic nitrogens is 2. The second-order valence-electron chi connectivity index (χ2n) is 7.30. The summed E-state index contributed by atoms with van der Waals surface area (Å²) in [6.45, 7) is 6.81. The molecule has 0 saturated carbocycles. The minimum Gasteiger partial charge on any atom is -0.481 e. The van der Waals surface area contributed by atoms with E-state index >= 15 is 0 Å². The summed E-state index contributed by atoms with van der Waals surface area (Å²) in [5.41, 5.74) is 2.94. The fourth-order valence-electron chi connectivity index (χ4n) is 3.37. The molecule has 0 bridgehead atoms. The summed E-state index contributed by atoms with van der Waals surface area (Å²) < 4.78 is 53.9. The number of ether oxygens (including phenoxy) is 2. The van der Waals surface area contributed by atoms with Crippen LogP contribution in [0.2, 0.25) is 0 Å². The quantitative estimate of drug-likeness (QED) is 0.195. The standard InChI is InChI=1S/C20H25FN3O11P/c1-4-6-31-36(30,32-7-5-2)33-10-13-17(34-11(3)25)12(8-15(26)27)20(35-13)24-9-14(21)23-16(18(22)28)19(24)29/h4-5,9,12-13,17,20H,1-2,6-8,10H2,3H3,(H2,22,28)(H,26,27)/t12-,13-,17-,20-/m1/s1. The molecule has 0 unspecified atom stereocenters. The van der Waals surface area contributed by atoms with E-state index in [1.807, 2.05) is 0 Å². The van der Waals surface area contributed by atoms with Crippen LogP contribution in [0.15, 0.2) is 36.3 Å². The first kappa shape index (κ1) is 29.0. The molecule has 1 aromatic rings. The van der Waals surface area contributed by atoms with Crippen molar-refractivity contribution in [3.8, 4) is 0 Å². The number of phosphoric ester groups is 1. The summed E-state index contributed by atoms with van der Waals surface area (Å²) in [7, 11) is -4.22. The molecule has 2 rings (SSSR count). The molecule has 14 nitrogen and oxygen atoms in total. The van der Waals surface area contributed by atoms with Crippen LogP contribution >= 0.6 is 7.82 Å². The van der Waals surface area contributed by atoms with Crippen molar-refractivity contribution in [2.45, 2.75) is 31.8 Å². The zero-order valence-electron chi connectivity index (χ0n) is 19.1. The van der Waals surface area contributed by atoms with Gasteiger partial charge in [-0.15, -0.1) is 13.2 Å². The van der Waals surface area contributed by atoms with Gasteiger partial charge in [-0.05, 0) is 0 Å². The van der Waals surface area contributed by atoms with Crippen molar-refractivity contribution in [2.24, 2.45) is 11.7 Å². The van der Waals surface area contributed by atoms with Gasteiger partial charge in [-0.1, -0.05) is 12.2 Å². The first-order chi connectivity index (χ1) is 16.9. The molecule has 16 heteroatoms. The number of halogens is 1. The number of aliphatic carboxylic acids is 1. The molecule has 0 spiro atoms. The molecule has 0 aromatic carbocycles. The van der Waals surface area contributed by atoms with Crippen LogP contribution in [-0.4, -0.2) is 64.5 Å². The number of hydrogen-bond donors (Lipinski definition) is 2. The molecule has 1 aliphatic rings. The van der Waals surface area contributed by atoms with Crippen molar-refractivity contribution < 1.29 is 51.5 Å². The monoisotopic (exact) mass is 533 g/mol. The van der Waals surface area contributed by atoms with Gasteiger partial charge in [0.1, 0.15) is 18.4 Å². The van der Waals surface area contributed by atoms with Crippen LogP contribution in [0.3, 0.4) is 0 Å². The number of carboxylic acid groups (broad SMARTS) is 1. The molecule has 2 heterocycles. The molecule has 0 radical (unpaired) electrons. The van der Waals surface area contributed by atoms with E-state index in [1.54, 1.807) is 0 Å². The van der Waals surface area contributed by atoms with E-state index in [4.69, 9.17) is 28.8 Å². The molecule has 36 heavy (non-hydrogen) atoms. The van der Waals surface area contributed by atoms with E-state index in [-0.39, 0.29) is 13.2 Å². The molecular formula is C20H25FN3O11P. The highest BCUT2D eigenvalue weighted by Crippen LogP contribution is 2.50. The first-order valence-electron chi connectivity index (χ1n) is 10.3. The number of primary amides is 1. The Morgan fingerprint density at radius 1 is 1.28 bits per heavy atom. The molecule has 198 valence electrons. The van der Waals surface area contributed by atoms with Gasteiger partial charge in [0.05, 0.1) is 38.4 Å². The van der Waals surface area contributed by atoms with Crippen molar-refractivity contribution in [3.05, 3.63) is 53.5 Å². The molecular weight excluding hydrogens is 508 g/mol. The summed E-state index contributed by atoms with van der Waals surface area (Å²) in [6, 6.07) is 0. The lowest BCUT2D eigenvalue weighted by molar-refractivity contribution is -0.153. The van der Waals surface area contributed by atoms with Crippen LogP contribution in [0, 0.1) is 11.9 Å². The maximum absolute atomic E-state index is 14.1. The lowest BCUT2D eigenvalue weighted by atomic mass is 9.95. The number of rotatable bonds is 14. The second kappa shape index (κ2) is 12.6. The number of carbonyl (C=O) groups is 3. The molecule has 4 atom stereocenters. The van der Waals surface area contributed by atoms with Crippen molar-refractivity contribution in [2.75, 3.05) is 19.8 Å². The lowest BCUT2D eigenvalue weighted by Gasteiger charge is -2.24. The van der Waals surface area contributed by atoms with Crippen molar-refractivity contribution >= 4 is 25.7 Å². The lowest BCUT2D eigenvalue weighted by Crippen LogP contribution is -2.38. The third-order valence-electron chi connectivity index (χ3n) is 4.69. The van der Waals surface area contributed by atoms with Gasteiger partial charge in [-0.3, -0.25) is 37.3 Å². The van der Waals surface area contributed by atoms with Crippen LogP contribution in [-0.2, 0) is 37.2 Å². The zero-order chi connectivity index (χ0) is 27.0. The van der Waals surface area contributed by atoms with Crippen LogP contribution in [0.1, 0.15) is 30.1 Å². The largest absolute Gasteiger partial charge is 0.481 e. The molecule has 1 amide bonds. The Kier molecular flexibility index (Phi) is 10.2. The van der Waals surface area contributed by atoms with Crippen molar-refractivity contribution in [1.82, 2.24) is 9.55 Å². The molecule has 3 N–H and O–H groups in total. The number of hydrogen-bond acceptors (Lipinski definition) is 11. The smallest absolute Gasteiger partial charge is 0.475 e. The van der Waals surface area contributed by atoms with Gasteiger partial charge < -0.3 is 20.3 Å². The van der Waals surface area contributed by atoms with Crippen molar-refractivity contribution in [3.63, 3.8) is 0 Å². The topological polar surface area (TPSA) is 196 Å². The number of carbonyl (C=O) groups excluding carboxylic acids is 2. The highest BCUT2D eigenvalue weighted by Gasteiger charge is 2.50. The Morgan fingerprint density at radius 2 is 1.89 bits per heavy atom. The van der Waals surface area contributed by atoms with Crippen LogP contribution < -0.4 is 11.3 Å². The molecule has 1 saturated heterocycles. The fourth-order valence-corrected chi connectivity index (χ4v) is 4.50. The highest BCUT2D eigenvalue weighted by atomic mass is 31.2. The third-order valence-corrected chi connectivity index (χ3v) is 6.08. The Hall–Kier alpha value is -3.23. The van der Waals surface area contributed by atoms with E-state index in [2.05, 4.69) is 18.1 Å². The summed E-state index contributed by atoms with van der Waals surface area (Å²) in [5.74, 6) is -6.13. The second-order valence-corrected chi connectivity index (χ2v) is 8.97. The molecule has 1 aliphatic heterocycles. The van der Waals surface area contributed by atoms with Crippen LogP contribution in [0.4, 0.5) is 4.39 Å². The summed E-state index contributed by atoms with van der Waals surface area (Å²) >= 11 is 0. The Morgan fingerprint density at radius 3 is 2.39 bits per heavy atom. The SMILES string of the molecule is C=CCOP(=O)(OCC=C)OC[C@H]1O[C@@H](n2cc(F)nc(C(N)=O)c2=O)[C@H](CC(=O)O)[C@H]1OC(C)=O. The van der Waals surface area contributed by atoms with Gasteiger partial charge >= 0.3 is 19.8 Å². The molecule has 1 aromatic heterocycles. The van der Waals surface area contributed by atoms with E-state index in [1.165, 1.54) is 12.2 Å². The summed E-state index contributed by atoms with van der Waals surface area (Å²) in [4.78, 5) is 50.8. The molecule has 1 fully saturated rings. The number of phosphoric acid groups is 1. The fraction of sp³-hybridized carbons (Fsp3) is 0.450. The van der Waals surface area contributed by atoms with Crippen LogP contribution in [0.25, 0.3) is 0 Å². The van der Waals surface area contributed by atoms with Crippen LogP contribution in [0.5, 0.6) is 0 Å². The number of esters is 1. The average Bonchev–Trinajstić information content (AvgIpc) is 3.12. The minimum atomic E-state index is -4.22. The number of nitrogens with two attached hydrogens (primary N) is 1. The van der Waals surface area contributed by atoms with Crippen molar-refractivity contribution in [1.29, 1.82) is 0 Å². The van der Waals surface area contributed by atoms with Gasteiger partial charge in [0.25, 0.3) is 11.5 Å². The summed E-state index contributed by atoms with van der Waals surface area (Å²) in [5, 5.41) is 9.42. The van der Waals surface area contributed by atoms with E-state index in [0.717, 1.165) is 6.92 Å². The predicted octanol–water partition coefficient (Wildman–Crippen LogP) is 0.931. The highest BCUT2D eigenvalue weighted by molar-refractivity contribution is 7.48. The third kappa shape index (κ3) is 7.38. The van der Waals surface area contributed by atoms with E-state index in [0.29, 0.717) is 10.8 Å². The normalized spacial score (nSPS) is 21.6. The number of carboxylic acids is 1. The zero-order valence-corrected chi connectivity index (χ0v) is 20.0. The number of nitrogens with zero attached hydrogens (tertiary/aromatic N) is 2.